The number of nitrogen functional groups attached to an aromatic ring is 1. The van der Waals surface area contributed by atoms with Gasteiger partial charge >= 0.3 is 0 Å². The van der Waals surface area contributed by atoms with Crippen molar-refractivity contribution in [2.24, 2.45) is 0 Å². The van der Waals surface area contributed by atoms with E-state index in [0.29, 0.717) is 22.4 Å². The molecule has 2 N–H and O–H groups in total. The minimum absolute atomic E-state index is 0. The molecule has 2 aromatic rings. The molecule has 0 aliphatic heterocycles. The van der Waals surface area contributed by atoms with Crippen molar-refractivity contribution < 1.29 is 0 Å². The van der Waals surface area contributed by atoms with Crippen molar-refractivity contribution in [3.8, 4) is 0 Å². The van der Waals surface area contributed by atoms with Crippen LogP contribution >= 0.6 is 35.6 Å². The highest BCUT2D eigenvalue weighted by atomic mass is 35.5. The van der Waals surface area contributed by atoms with Crippen LogP contribution in [0.25, 0.3) is 0 Å². The molecule has 1 aromatic carbocycles. The van der Waals surface area contributed by atoms with Gasteiger partial charge in [-0.3, -0.25) is 0 Å². The normalized spacial score (nSPS) is 9.88. The van der Waals surface area contributed by atoms with Gasteiger partial charge in [0.2, 0.25) is 0 Å². The molecule has 16 heavy (non-hydrogen) atoms. The largest absolute Gasteiger partial charge is 0.384 e. The Bertz CT molecular complexity index is 462. The van der Waals surface area contributed by atoms with Crippen LogP contribution in [-0.4, -0.2) is 9.78 Å². The molecule has 0 unspecified atom stereocenters. The first-order valence-corrected chi connectivity index (χ1v) is 5.14. The summed E-state index contributed by atoms with van der Waals surface area (Å²) in [6.45, 7) is 0.483. The quantitative estimate of drug-likeness (QED) is 0.916. The Labute approximate surface area is 110 Å². The number of nitrogens with two attached hydrogens (primary N) is 1. The molecular formula is C10H10Cl3N3. The Hall–Kier alpha value is -0.900. The zero-order valence-electron chi connectivity index (χ0n) is 8.23. The SMILES string of the molecule is Cl.Nc1ccnn1Cc1c(Cl)cccc1Cl. The molecule has 1 heterocycles. The summed E-state index contributed by atoms with van der Waals surface area (Å²) < 4.78 is 1.65. The third-order valence-corrected chi connectivity index (χ3v) is 2.83. The van der Waals surface area contributed by atoms with Crippen molar-refractivity contribution in [1.29, 1.82) is 0 Å². The van der Waals surface area contributed by atoms with Crippen molar-refractivity contribution in [3.05, 3.63) is 46.1 Å². The molecule has 0 atom stereocenters. The molecule has 0 aliphatic carbocycles. The Balaban J connectivity index is 0.00000128. The zero-order valence-corrected chi connectivity index (χ0v) is 10.6. The summed E-state index contributed by atoms with van der Waals surface area (Å²) >= 11 is 12.1. The van der Waals surface area contributed by atoms with Crippen molar-refractivity contribution in [2.75, 3.05) is 5.73 Å². The van der Waals surface area contributed by atoms with Crippen LogP contribution in [-0.2, 0) is 6.54 Å². The van der Waals surface area contributed by atoms with Crippen LogP contribution in [0.4, 0.5) is 5.82 Å². The number of hydrogen-bond acceptors (Lipinski definition) is 2. The summed E-state index contributed by atoms with van der Waals surface area (Å²) in [6, 6.07) is 7.12. The Morgan fingerprint density at radius 1 is 1.19 bits per heavy atom. The molecule has 2 rings (SSSR count). The van der Waals surface area contributed by atoms with E-state index in [1.165, 1.54) is 0 Å². The first-order chi connectivity index (χ1) is 7.18. The fourth-order valence-corrected chi connectivity index (χ4v) is 1.83. The predicted molar refractivity (Wildman–Crippen MR) is 69.5 cm³/mol. The van der Waals surface area contributed by atoms with Crippen LogP contribution in [0.15, 0.2) is 30.5 Å². The topological polar surface area (TPSA) is 43.8 Å². The molecule has 6 heteroatoms. The van der Waals surface area contributed by atoms with Gasteiger partial charge in [-0.1, -0.05) is 29.3 Å². The van der Waals surface area contributed by atoms with Gasteiger partial charge in [0.1, 0.15) is 5.82 Å². The number of benzene rings is 1. The molecule has 0 saturated heterocycles. The lowest BCUT2D eigenvalue weighted by molar-refractivity contribution is 0.697. The summed E-state index contributed by atoms with van der Waals surface area (Å²) in [5.74, 6) is 0.589. The van der Waals surface area contributed by atoms with E-state index in [-0.39, 0.29) is 12.4 Å². The van der Waals surface area contributed by atoms with Crippen LogP contribution in [0, 0.1) is 0 Å². The fraction of sp³-hybridized carbons (Fsp3) is 0.100. The van der Waals surface area contributed by atoms with Crippen molar-refractivity contribution in [3.63, 3.8) is 0 Å². The van der Waals surface area contributed by atoms with Gasteiger partial charge in [-0.15, -0.1) is 12.4 Å². The van der Waals surface area contributed by atoms with E-state index in [1.54, 1.807) is 35.1 Å². The van der Waals surface area contributed by atoms with Crippen LogP contribution < -0.4 is 5.73 Å². The molecule has 0 fully saturated rings. The minimum Gasteiger partial charge on any atom is -0.384 e. The minimum atomic E-state index is 0. The first-order valence-electron chi connectivity index (χ1n) is 4.38. The molecule has 0 aliphatic rings. The van der Waals surface area contributed by atoms with E-state index in [4.69, 9.17) is 28.9 Å². The lowest BCUT2D eigenvalue weighted by Crippen LogP contribution is -2.06. The monoisotopic (exact) mass is 277 g/mol. The van der Waals surface area contributed by atoms with Gasteiger partial charge in [0.05, 0.1) is 12.7 Å². The second kappa shape index (κ2) is 5.43. The molecule has 3 nitrogen and oxygen atoms in total. The summed E-state index contributed by atoms with van der Waals surface area (Å²) in [5.41, 5.74) is 6.53. The molecule has 0 bridgehead atoms. The van der Waals surface area contributed by atoms with Gasteiger partial charge in [0, 0.05) is 15.6 Å². The van der Waals surface area contributed by atoms with Gasteiger partial charge in [-0.2, -0.15) is 5.10 Å². The van der Waals surface area contributed by atoms with E-state index in [2.05, 4.69) is 5.10 Å². The highest BCUT2D eigenvalue weighted by Crippen LogP contribution is 2.25. The maximum atomic E-state index is 6.03. The van der Waals surface area contributed by atoms with Gasteiger partial charge < -0.3 is 5.73 Å². The molecule has 0 spiro atoms. The van der Waals surface area contributed by atoms with E-state index < -0.39 is 0 Å². The highest BCUT2D eigenvalue weighted by Gasteiger charge is 2.07. The summed E-state index contributed by atoms with van der Waals surface area (Å²) in [4.78, 5) is 0. The summed E-state index contributed by atoms with van der Waals surface area (Å²) in [6.07, 6.45) is 1.64. The van der Waals surface area contributed by atoms with E-state index in [1.807, 2.05) is 0 Å². The number of halogens is 3. The third kappa shape index (κ3) is 2.61. The maximum absolute atomic E-state index is 6.03. The smallest absolute Gasteiger partial charge is 0.122 e. The Morgan fingerprint density at radius 2 is 1.81 bits per heavy atom. The summed E-state index contributed by atoms with van der Waals surface area (Å²) in [7, 11) is 0. The zero-order chi connectivity index (χ0) is 10.8. The van der Waals surface area contributed by atoms with E-state index >= 15 is 0 Å². The van der Waals surface area contributed by atoms with Gasteiger partial charge in [0.25, 0.3) is 0 Å². The fourth-order valence-electron chi connectivity index (χ4n) is 1.31. The van der Waals surface area contributed by atoms with Crippen molar-refractivity contribution >= 4 is 41.4 Å². The second-order valence-corrected chi connectivity index (χ2v) is 3.93. The van der Waals surface area contributed by atoms with Crippen LogP contribution in [0.2, 0.25) is 10.0 Å². The second-order valence-electron chi connectivity index (χ2n) is 3.11. The van der Waals surface area contributed by atoms with Gasteiger partial charge in [0.15, 0.2) is 0 Å². The number of hydrogen-bond donors (Lipinski definition) is 1. The third-order valence-electron chi connectivity index (χ3n) is 2.12. The van der Waals surface area contributed by atoms with Crippen LogP contribution in [0.5, 0.6) is 0 Å². The average molecular weight is 279 g/mol. The molecular weight excluding hydrogens is 268 g/mol. The lowest BCUT2D eigenvalue weighted by Gasteiger charge is -2.08. The lowest BCUT2D eigenvalue weighted by atomic mass is 10.2. The van der Waals surface area contributed by atoms with Crippen LogP contribution in [0.3, 0.4) is 0 Å². The van der Waals surface area contributed by atoms with E-state index in [0.717, 1.165) is 5.56 Å². The highest BCUT2D eigenvalue weighted by molar-refractivity contribution is 6.35. The molecule has 0 radical (unpaired) electrons. The molecule has 0 amide bonds. The number of rotatable bonds is 2. The molecule has 1 aromatic heterocycles. The predicted octanol–water partition coefficient (Wildman–Crippen LogP) is 3.24. The number of anilines is 1. The Morgan fingerprint density at radius 3 is 2.31 bits per heavy atom. The number of aromatic nitrogens is 2. The number of nitrogens with zero attached hydrogens (tertiary/aromatic N) is 2. The first kappa shape index (κ1) is 13.2. The van der Waals surface area contributed by atoms with Crippen LogP contribution in [0.1, 0.15) is 5.56 Å². The van der Waals surface area contributed by atoms with Gasteiger partial charge in [-0.25, -0.2) is 4.68 Å². The maximum Gasteiger partial charge on any atom is 0.122 e. The van der Waals surface area contributed by atoms with Gasteiger partial charge in [-0.05, 0) is 18.2 Å². The average Bonchev–Trinajstić information content (AvgIpc) is 2.58. The van der Waals surface area contributed by atoms with Crippen molar-refractivity contribution in [1.82, 2.24) is 9.78 Å². The van der Waals surface area contributed by atoms with Crippen molar-refractivity contribution in [2.45, 2.75) is 6.54 Å². The van der Waals surface area contributed by atoms with E-state index in [9.17, 15) is 0 Å². The summed E-state index contributed by atoms with van der Waals surface area (Å²) in [5, 5.41) is 5.31. The standard InChI is InChI=1S/C10H9Cl2N3.ClH/c11-8-2-1-3-9(12)7(8)6-15-10(13)4-5-14-15;/h1-5H,6,13H2;1H. The molecule has 0 saturated carbocycles. The molecule has 86 valence electrons. The Kier molecular flexibility index (Phi) is 4.47.